The highest BCUT2D eigenvalue weighted by atomic mass is 35.5. The van der Waals surface area contributed by atoms with Gasteiger partial charge in [-0.25, -0.2) is 9.78 Å². The summed E-state index contributed by atoms with van der Waals surface area (Å²) in [4.78, 5) is 16.5. The third-order valence-electron chi connectivity index (χ3n) is 2.90. The third kappa shape index (κ3) is 1.91. The number of carbonyl (C=O) groups is 1. The summed E-state index contributed by atoms with van der Waals surface area (Å²) in [6.07, 6.45) is 1.81. The summed E-state index contributed by atoms with van der Waals surface area (Å²) in [5.74, 6) is -0.924. The molecule has 96 valence electrons. The van der Waals surface area contributed by atoms with E-state index < -0.39 is 5.97 Å². The zero-order valence-corrected chi connectivity index (χ0v) is 11.5. The lowest BCUT2D eigenvalue weighted by atomic mass is 10.2. The van der Waals surface area contributed by atoms with E-state index in [4.69, 9.17) is 16.7 Å². The molecule has 3 rings (SSSR count). The smallest absolute Gasteiger partial charge is 0.347 e. The van der Waals surface area contributed by atoms with Gasteiger partial charge in [0.15, 0.2) is 4.96 Å². The Morgan fingerprint density at radius 1 is 1.42 bits per heavy atom. The van der Waals surface area contributed by atoms with Gasteiger partial charge in [-0.1, -0.05) is 41.1 Å². The fourth-order valence-electron chi connectivity index (χ4n) is 1.95. The number of hydrogen-bond acceptors (Lipinski definition) is 3. The van der Waals surface area contributed by atoms with Crippen LogP contribution in [0.1, 0.15) is 15.4 Å². The summed E-state index contributed by atoms with van der Waals surface area (Å²) in [5, 5.41) is 9.69. The predicted molar refractivity (Wildman–Crippen MR) is 75.2 cm³/mol. The molecule has 0 amide bonds. The highest BCUT2D eigenvalue weighted by molar-refractivity contribution is 7.19. The minimum Gasteiger partial charge on any atom is -0.477 e. The standard InChI is InChI=1S/C13H9ClN2O2S/c1-7-11(12(17)18)19-13-15-10(6-16(7)13)8-4-2-3-5-9(8)14/h2-6H,1H3,(H,17,18). The molecule has 6 heteroatoms. The van der Waals surface area contributed by atoms with Gasteiger partial charge >= 0.3 is 5.97 Å². The van der Waals surface area contributed by atoms with Crippen LogP contribution in [0.25, 0.3) is 16.2 Å². The monoisotopic (exact) mass is 292 g/mol. The van der Waals surface area contributed by atoms with Gasteiger partial charge in [0.05, 0.1) is 10.7 Å². The van der Waals surface area contributed by atoms with Crippen molar-refractivity contribution < 1.29 is 9.90 Å². The van der Waals surface area contributed by atoms with Crippen LogP contribution in [0.2, 0.25) is 5.02 Å². The molecular formula is C13H9ClN2O2S. The molecule has 0 atom stereocenters. The number of hydrogen-bond donors (Lipinski definition) is 1. The minimum atomic E-state index is -0.924. The number of thiazole rings is 1. The van der Waals surface area contributed by atoms with Gasteiger partial charge < -0.3 is 5.11 Å². The van der Waals surface area contributed by atoms with Crippen LogP contribution in [0.15, 0.2) is 30.5 Å². The van der Waals surface area contributed by atoms with E-state index in [0.29, 0.717) is 20.6 Å². The van der Waals surface area contributed by atoms with Gasteiger partial charge in [0.1, 0.15) is 4.88 Å². The Balaban J connectivity index is 2.19. The van der Waals surface area contributed by atoms with Crippen molar-refractivity contribution in [2.75, 3.05) is 0 Å². The summed E-state index contributed by atoms with van der Waals surface area (Å²) in [5.41, 5.74) is 2.27. The van der Waals surface area contributed by atoms with Crippen molar-refractivity contribution in [3.63, 3.8) is 0 Å². The van der Waals surface area contributed by atoms with E-state index in [1.165, 1.54) is 0 Å². The molecule has 2 aromatic heterocycles. The average molecular weight is 293 g/mol. The summed E-state index contributed by atoms with van der Waals surface area (Å²) < 4.78 is 1.78. The van der Waals surface area contributed by atoms with Crippen molar-refractivity contribution in [3.05, 3.63) is 46.1 Å². The van der Waals surface area contributed by atoms with Crippen molar-refractivity contribution in [1.82, 2.24) is 9.38 Å². The van der Waals surface area contributed by atoms with Gasteiger partial charge in [0, 0.05) is 17.5 Å². The molecule has 1 N–H and O–H groups in total. The average Bonchev–Trinajstić information content (AvgIpc) is 2.90. The highest BCUT2D eigenvalue weighted by Crippen LogP contribution is 2.30. The van der Waals surface area contributed by atoms with E-state index in [0.717, 1.165) is 22.6 Å². The zero-order chi connectivity index (χ0) is 13.6. The number of carboxylic acids is 1. The number of imidazole rings is 1. The molecule has 1 aromatic carbocycles. The lowest BCUT2D eigenvalue weighted by molar-refractivity contribution is 0.0701. The molecule has 0 bridgehead atoms. The first-order valence-electron chi connectivity index (χ1n) is 5.54. The Morgan fingerprint density at radius 3 is 2.79 bits per heavy atom. The molecule has 2 heterocycles. The summed E-state index contributed by atoms with van der Waals surface area (Å²) in [6, 6.07) is 7.45. The second-order valence-corrected chi connectivity index (χ2v) is 5.47. The molecule has 0 aliphatic carbocycles. The van der Waals surface area contributed by atoms with Gasteiger partial charge in [-0.15, -0.1) is 0 Å². The topological polar surface area (TPSA) is 54.6 Å². The van der Waals surface area contributed by atoms with Crippen LogP contribution in [0, 0.1) is 6.92 Å². The van der Waals surface area contributed by atoms with Gasteiger partial charge in [-0.2, -0.15) is 0 Å². The Kier molecular flexibility index (Phi) is 2.80. The number of carboxylic acid groups (broad SMARTS) is 1. The minimum absolute atomic E-state index is 0.313. The van der Waals surface area contributed by atoms with Crippen LogP contribution >= 0.6 is 22.9 Å². The number of halogens is 1. The summed E-state index contributed by atoms with van der Waals surface area (Å²) in [6.45, 7) is 1.77. The second kappa shape index (κ2) is 4.36. The Labute approximate surface area is 117 Å². The van der Waals surface area contributed by atoms with E-state index in [9.17, 15) is 4.79 Å². The molecule has 19 heavy (non-hydrogen) atoms. The van der Waals surface area contributed by atoms with Crippen molar-refractivity contribution >= 4 is 33.9 Å². The zero-order valence-electron chi connectivity index (χ0n) is 9.92. The SMILES string of the molecule is Cc1c(C(=O)O)sc2nc(-c3ccccc3Cl)cn12. The van der Waals surface area contributed by atoms with Crippen LogP contribution in [-0.4, -0.2) is 20.5 Å². The maximum Gasteiger partial charge on any atom is 0.347 e. The number of aryl methyl sites for hydroxylation is 1. The quantitative estimate of drug-likeness (QED) is 0.783. The first-order valence-corrected chi connectivity index (χ1v) is 6.74. The maximum absolute atomic E-state index is 11.0. The van der Waals surface area contributed by atoms with E-state index in [2.05, 4.69) is 4.98 Å². The largest absolute Gasteiger partial charge is 0.477 e. The fourth-order valence-corrected chi connectivity index (χ4v) is 3.13. The number of nitrogens with zero attached hydrogens (tertiary/aromatic N) is 2. The van der Waals surface area contributed by atoms with E-state index >= 15 is 0 Å². The van der Waals surface area contributed by atoms with Crippen molar-refractivity contribution in [2.45, 2.75) is 6.92 Å². The fraction of sp³-hybridized carbons (Fsp3) is 0.0769. The molecule has 3 aromatic rings. The number of fused-ring (bicyclic) bond motifs is 1. The molecule has 0 saturated heterocycles. The van der Waals surface area contributed by atoms with Crippen LogP contribution in [0.5, 0.6) is 0 Å². The highest BCUT2D eigenvalue weighted by Gasteiger charge is 2.17. The van der Waals surface area contributed by atoms with E-state index in [1.807, 2.05) is 24.4 Å². The van der Waals surface area contributed by atoms with E-state index in [1.54, 1.807) is 17.4 Å². The predicted octanol–water partition coefficient (Wildman–Crippen LogP) is 3.72. The molecule has 0 saturated carbocycles. The van der Waals surface area contributed by atoms with Gasteiger partial charge in [0.2, 0.25) is 0 Å². The van der Waals surface area contributed by atoms with Gasteiger partial charge in [-0.3, -0.25) is 4.40 Å². The lowest BCUT2D eigenvalue weighted by Crippen LogP contribution is -1.96. The van der Waals surface area contributed by atoms with E-state index in [-0.39, 0.29) is 0 Å². The van der Waals surface area contributed by atoms with Crippen LogP contribution in [0.4, 0.5) is 0 Å². The number of aromatic nitrogens is 2. The normalized spacial score (nSPS) is 11.1. The van der Waals surface area contributed by atoms with Gasteiger partial charge in [0.25, 0.3) is 0 Å². The third-order valence-corrected chi connectivity index (χ3v) is 4.38. The Bertz CT molecular complexity index is 791. The van der Waals surface area contributed by atoms with Crippen LogP contribution < -0.4 is 0 Å². The summed E-state index contributed by atoms with van der Waals surface area (Å²) >= 11 is 7.30. The van der Waals surface area contributed by atoms with Gasteiger partial charge in [-0.05, 0) is 13.0 Å². The molecule has 0 aliphatic heterocycles. The Hall–Kier alpha value is -1.85. The molecule has 0 fully saturated rings. The van der Waals surface area contributed by atoms with Crippen molar-refractivity contribution in [3.8, 4) is 11.3 Å². The summed E-state index contributed by atoms with van der Waals surface area (Å²) in [7, 11) is 0. The molecule has 0 spiro atoms. The number of rotatable bonds is 2. The van der Waals surface area contributed by atoms with Crippen LogP contribution in [0.3, 0.4) is 0 Å². The van der Waals surface area contributed by atoms with Crippen molar-refractivity contribution in [1.29, 1.82) is 0 Å². The number of aromatic carboxylic acids is 1. The van der Waals surface area contributed by atoms with Crippen molar-refractivity contribution in [2.24, 2.45) is 0 Å². The van der Waals surface area contributed by atoms with Crippen LogP contribution in [-0.2, 0) is 0 Å². The lowest BCUT2D eigenvalue weighted by Gasteiger charge is -1.98. The Morgan fingerprint density at radius 2 is 2.16 bits per heavy atom. The molecular weight excluding hydrogens is 284 g/mol. The molecule has 4 nitrogen and oxygen atoms in total. The first-order chi connectivity index (χ1) is 9.08. The molecule has 0 unspecified atom stereocenters. The maximum atomic E-state index is 11.0. The molecule has 0 radical (unpaired) electrons. The second-order valence-electron chi connectivity index (χ2n) is 4.08. The first kappa shape index (κ1) is 12.2. The molecule has 0 aliphatic rings. The number of benzene rings is 1.